The predicted molar refractivity (Wildman–Crippen MR) is 87.1 cm³/mol. The Morgan fingerprint density at radius 2 is 1.87 bits per heavy atom. The Labute approximate surface area is 140 Å². The van der Waals surface area contributed by atoms with E-state index < -0.39 is 5.97 Å². The average molecular weight is 337 g/mol. The van der Waals surface area contributed by atoms with Gasteiger partial charge in [0.05, 0.1) is 19.2 Å². The van der Waals surface area contributed by atoms with Crippen molar-refractivity contribution in [3.8, 4) is 5.75 Å². The fourth-order valence-corrected chi connectivity index (χ4v) is 1.72. The van der Waals surface area contributed by atoms with Crippen LogP contribution in [0, 0.1) is 0 Å². The van der Waals surface area contributed by atoms with E-state index in [0.29, 0.717) is 16.9 Å². The van der Waals surface area contributed by atoms with E-state index in [9.17, 15) is 9.59 Å². The van der Waals surface area contributed by atoms with E-state index in [-0.39, 0.29) is 31.5 Å². The van der Waals surface area contributed by atoms with Crippen molar-refractivity contribution in [3.63, 3.8) is 0 Å². The summed E-state index contributed by atoms with van der Waals surface area (Å²) in [7, 11) is 1.56. The molecule has 0 aliphatic carbocycles. The summed E-state index contributed by atoms with van der Waals surface area (Å²) < 4.78 is 10.1. The van der Waals surface area contributed by atoms with Crippen LogP contribution in [0.2, 0.25) is 0 Å². The van der Waals surface area contributed by atoms with Gasteiger partial charge in [-0.1, -0.05) is 0 Å². The summed E-state index contributed by atoms with van der Waals surface area (Å²) >= 11 is 0. The second kappa shape index (κ2) is 9.42. The van der Waals surface area contributed by atoms with E-state index in [1.165, 1.54) is 6.20 Å². The Kier molecular flexibility index (Phi) is 7.56. The molecule has 0 atom stereocenters. The molecule has 6 nitrogen and oxygen atoms in total. The Hall–Kier alpha value is -2.60. The quantitative estimate of drug-likeness (QED) is 0.645. The molecule has 0 aliphatic rings. The first-order valence-electron chi connectivity index (χ1n) is 6.70. The molecule has 1 amide bonds. The summed E-state index contributed by atoms with van der Waals surface area (Å²) in [4.78, 5) is 27.3. The third-order valence-electron chi connectivity index (χ3n) is 2.87. The zero-order valence-corrected chi connectivity index (χ0v) is 13.3. The van der Waals surface area contributed by atoms with Crippen molar-refractivity contribution in [2.24, 2.45) is 0 Å². The standard InChI is InChI=1S/C16H16N2O4.ClH/c1-21-14-6-4-12(5-7-14)15(19)18-9-10-22-16(20)13-3-2-8-17-11-13;/h2-8,11H,9-10H2,1H3,(H,18,19);1H. The van der Waals surface area contributed by atoms with Gasteiger partial charge in [0, 0.05) is 18.0 Å². The van der Waals surface area contributed by atoms with Gasteiger partial charge in [-0.05, 0) is 36.4 Å². The van der Waals surface area contributed by atoms with Gasteiger partial charge >= 0.3 is 5.97 Å². The van der Waals surface area contributed by atoms with Crippen LogP contribution >= 0.6 is 12.4 Å². The number of pyridine rings is 1. The molecule has 7 heteroatoms. The lowest BCUT2D eigenvalue weighted by atomic mass is 10.2. The summed E-state index contributed by atoms with van der Waals surface area (Å²) in [5.41, 5.74) is 0.892. The summed E-state index contributed by atoms with van der Waals surface area (Å²) in [5, 5.41) is 2.67. The largest absolute Gasteiger partial charge is 0.497 e. The Morgan fingerprint density at radius 1 is 1.13 bits per heavy atom. The average Bonchev–Trinajstić information content (AvgIpc) is 2.59. The van der Waals surface area contributed by atoms with Gasteiger partial charge in [0.25, 0.3) is 5.91 Å². The Balaban J connectivity index is 0.00000264. The van der Waals surface area contributed by atoms with E-state index in [4.69, 9.17) is 9.47 Å². The lowest BCUT2D eigenvalue weighted by Gasteiger charge is -2.07. The topological polar surface area (TPSA) is 77.5 Å². The maximum Gasteiger partial charge on any atom is 0.339 e. The number of methoxy groups -OCH3 is 1. The first-order chi connectivity index (χ1) is 10.7. The van der Waals surface area contributed by atoms with E-state index in [2.05, 4.69) is 10.3 Å². The number of benzene rings is 1. The number of nitrogens with zero attached hydrogens (tertiary/aromatic N) is 1. The van der Waals surface area contributed by atoms with Gasteiger partial charge in [0.15, 0.2) is 0 Å². The number of carbonyl (C=O) groups excluding carboxylic acids is 2. The smallest absolute Gasteiger partial charge is 0.339 e. The van der Waals surface area contributed by atoms with E-state index in [0.717, 1.165) is 0 Å². The van der Waals surface area contributed by atoms with Crippen molar-refractivity contribution in [2.45, 2.75) is 0 Å². The maximum absolute atomic E-state index is 11.9. The SMILES string of the molecule is COc1ccc(C(=O)NCCOC(=O)c2cccnc2)cc1.Cl. The molecule has 0 saturated carbocycles. The predicted octanol–water partition coefficient (Wildman–Crippen LogP) is 2.10. The molecular weight excluding hydrogens is 320 g/mol. The van der Waals surface area contributed by atoms with Gasteiger partial charge in [0.2, 0.25) is 0 Å². The van der Waals surface area contributed by atoms with Crippen LogP contribution in [0.3, 0.4) is 0 Å². The van der Waals surface area contributed by atoms with Crippen molar-refractivity contribution in [3.05, 3.63) is 59.9 Å². The Morgan fingerprint density at radius 3 is 2.48 bits per heavy atom. The number of nitrogens with one attached hydrogen (secondary N) is 1. The lowest BCUT2D eigenvalue weighted by molar-refractivity contribution is 0.0502. The van der Waals surface area contributed by atoms with Crippen LogP contribution in [-0.4, -0.2) is 37.1 Å². The van der Waals surface area contributed by atoms with Crippen LogP contribution in [-0.2, 0) is 4.74 Å². The molecule has 0 unspecified atom stereocenters. The van der Waals surface area contributed by atoms with Crippen LogP contribution in [0.1, 0.15) is 20.7 Å². The summed E-state index contributed by atoms with van der Waals surface area (Å²) in [5.74, 6) is -0.0196. The fourth-order valence-electron chi connectivity index (χ4n) is 1.72. The minimum absolute atomic E-state index is 0. The van der Waals surface area contributed by atoms with Gasteiger partial charge in [-0.2, -0.15) is 0 Å². The van der Waals surface area contributed by atoms with Crippen molar-refractivity contribution in [1.82, 2.24) is 10.3 Å². The molecule has 1 aromatic carbocycles. The number of hydrogen-bond donors (Lipinski definition) is 1. The summed E-state index contributed by atoms with van der Waals surface area (Å²) in [6.07, 6.45) is 3.00. The minimum atomic E-state index is -0.466. The molecule has 0 fully saturated rings. The van der Waals surface area contributed by atoms with Gasteiger partial charge in [-0.25, -0.2) is 4.79 Å². The highest BCUT2D eigenvalue weighted by Gasteiger charge is 2.08. The van der Waals surface area contributed by atoms with E-state index in [1.807, 2.05) is 0 Å². The van der Waals surface area contributed by atoms with E-state index >= 15 is 0 Å². The molecule has 23 heavy (non-hydrogen) atoms. The van der Waals surface area contributed by atoms with Crippen molar-refractivity contribution < 1.29 is 19.1 Å². The zero-order valence-electron chi connectivity index (χ0n) is 12.5. The fraction of sp³-hybridized carbons (Fsp3) is 0.188. The molecule has 0 saturated heterocycles. The first-order valence-corrected chi connectivity index (χ1v) is 6.70. The van der Waals surface area contributed by atoms with Crippen molar-refractivity contribution in [1.29, 1.82) is 0 Å². The van der Waals surface area contributed by atoms with Gasteiger partial charge in [-0.15, -0.1) is 12.4 Å². The van der Waals surface area contributed by atoms with Crippen LogP contribution in [0.4, 0.5) is 0 Å². The molecular formula is C16H17ClN2O4. The van der Waals surface area contributed by atoms with Crippen LogP contribution in [0.5, 0.6) is 5.75 Å². The van der Waals surface area contributed by atoms with E-state index in [1.54, 1.807) is 49.7 Å². The molecule has 0 bridgehead atoms. The number of halogens is 1. The second-order valence-electron chi connectivity index (χ2n) is 4.36. The maximum atomic E-state index is 11.9. The van der Waals surface area contributed by atoms with Crippen LogP contribution in [0.15, 0.2) is 48.8 Å². The number of hydrogen-bond acceptors (Lipinski definition) is 5. The molecule has 1 N–H and O–H groups in total. The van der Waals surface area contributed by atoms with Gasteiger partial charge in [-0.3, -0.25) is 9.78 Å². The number of ether oxygens (including phenoxy) is 2. The number of rotatable bonds is 6. The zero-order chi connectivity index (χ0) is 15.8. The van der Waals surface area contributed by atoms with Crippen LogP contribution in [0.25, 0.3) is 0 Å². The van der Waals surface area contributed by atoms with Crippen molar-refractivity contribution in [2.75, 3.05) is 20.3 Å². The molecule has 0 spiro atoms. The summed E-state index contributed by atoms with van der Waals surface area (Å²) in [6, 6.07) is 10.0. The van der Waals surface area contributed by atoms with Crippen LogP contribution < -0.4 is 10.1 Å². The molecule has 1 aromatic heterocycles. The highest BCUT2D eigenvalue weighted by Crippen LogP contribution is 2.10. The van der Waals surface area contributed by atoms with Gasteiger partial charge < -0.3 is 14.8 Å². The number of esters is 1. The number of carbonyl (C=O) groups is 2. The first kappa shape index (κ1) is 18.4. The minimum Gasteiger partial charge on any atom is -0.497 e. The molecule has 0 radical (unpaired) electrons. The molecule has 2 aromatic rings. The Bertz CT molecular complexity index is 632. The molecule has 122 valence electrons. The molecule has 1 heterocycles. The molecule has 0 aliphatic heterocycles. The summed E-state index contributed by atoms with van der Waals surface area (Å²) in [6.45, 7) is 0.326. The second-order valence-corrected chi connectivity index (χ2v) is 4.36. The third kappa shape index (κ3) is 5.60. The normalized spacial score (nSPS) is 9.43. The monoisotopic (exact) mass is 336 g/mol. The number of aromatic nitrogens is 1. The highest BCUT2D eigenvalue weighted by molar-refractivity contribution is 5.94. The van der Waals surface area contributed by atoms with Crippen molar-refractivity contribution >= 4 is 24.3 Å². The number of amides is 1. The highest BCUT2D eigenvalue weighted by atomic mass is 35.5. The molecule has 2 rings (SSSR count). The lowest BCUT2D eigenvalue weighted by Crippen LogP contribution is -2.28. The third-order valence-corrected chi connectivity index (χ3v) is 2.87. The van der Waals surface area contributed by atoms with Gasteiger partial charge in [0.1, 0.15) is 12.4 Å².